The number of nitrogens with zero attached hydrogens (tertiary/aromatic N) is 3. The van der Waals surface area contributed by atoms with Crippen molar-refractivity contribution < 1.29 is 9.21 Å². The van der Waals surface area contributed by atoms with E-state index in [2.05, 4.69) is 21.0 Å². The molecule has 6 nitrogen and oxygen atoms in total. The molecule has 1 aliphatic carbocycles. The monoisotopic (exact) mass is 336 g/mol. The van der Waals surface area contributed by atoms with E-state index in [1.165, 1.54) is 19.1 Å². The molecule has 0 aliphatic heterocycles. The molecule has 3 heterocycles. The van der Waals surface area contributed by atoms with Gasteiger partial charge in [-0.3, -0.25) is 14.5 Å². The van der Waals surface area contributed by atoms with Gasteiger partial charge in [-0.2, -0.15) is 5.10 Å². The largest absolute Gasteiger partial charge is 0.459 e. The van der Waals surface area contributed by atoms with Gasteiger partial charge in [-0.1, -0.05) is 12.8 Å². The molecule has 4 rings (SSSR count). The minimum Gasteiger partial charge on any atom is -0.459 e. The molecule has 1 saturated carbocycles. The zero-order valence-corrected chi connectivity index (χ0v) is 13.9. The summed E-state index contributed by atoms with van der Waals surface area (Å²) in [5.74, 6) is 0.0791. The highest BCUT2D eigenvalue weighted by molar-refractivity contribution is 5.91. The molecule has 1 N–H and O–H groups in total. The van der Waals surface area contributed by atoms with Crippen LogP contribution in [0.25, 0.3) is 11.3 Å². The van der Waals surface area contributed by atoms with Gasteiger partial charge in [0.15, 0.2) is 5.76 Å². The van der Waals surface area contributed by atoms with Crippen molar-refractivity contribution in [2.24, 2.45) is 0 Å². The van der Waals surface area contributed by atoms with Crippen molar-refractivity contribution in [3.05, 3.63) is 60.4 Å². The molecule has 0 radical (unpaired) electrons. The lowest BCUT2D eigenvalue weighted by atomic mass is 10.1. The molecule has 0 bridgehead atoms. The van der Waals surface area contributed by atoms with E-state index in [-0.39, 0.29) is 5.91 Å². The second-order valence-electron chi connectivity index (χ2n) is 6.30. The lowest BCUT2D eigenvalue weighted by molar-refractivity contribution is 0.0922. The third kappa shape index (κ3) is 3.33. The highest BCUT2D eigenvalue weighted by Gasteiger charge is 2.22. The van der Waals surface area contributed by atoms with Crippen molar-refractivity contribution in [1.29, 1.82) is 0 Å². The molecule has 1 aliphatic rings. The average Bonchev–Trinajstić information content (AvgIpc) is 3.41. The molecule has 128 valence electrons. The molecular weight excluding hydrogens is 316 g/mol. The van der Waals surface area contributed by atoms with Crippen molar-refractivity contribution >= 4 is 5.91 Å². The first-order valence-electron chi connectivity index (χ1n) is 8.62. The Kier molecular flexibility index (Phi) is 4.33. The maximum Gasteiger partial charge on any atom is 0.287 e. The first-order valence-corrected chi connectivity index (χ1v) is 8.62. The number of aromatic nitrogens is 3. The van der Waals surface area contributed by atoms with Gasteiger partial charge in [0.25, 0.3) is 5.91 Å². The van der Waals surface area contributed by atoms with Crippen molar-refractivity contribution in [2.75, 3.05) is 0 Å². The number of carbonyl (C=O) groups excluding carboxylic acids is 1. The summed E-state index contributed by atoms with van der Waals surface area (Å²) in [4.78, 5) is 16.1. The van der Waals surface area contributed by atoms with E-state index >= 15 is 0 Å². The number of rotatable bonds is 5. The number of hydrogen-bond donors (Lipinski definition) is 1. The van der Waals surface area contributed by atoms with Gasteiger partial charge in [-0.25, -0.2) is 0 Å². The maximum atomic E-state index is 12.0. The fourth-order valence-corrected chi connectivity index (χ4v) is 3.36. The van der Waals surface area contributed by atoms with E-state index in [9.17, 15) is 4.79 Å². The molecule has 0 spiro atoms. The van der Waals surface area contributed by atoms with Gasteiger partial charge >= 0.3 is 0 Å². The Hall–Kier alpha value is -2.89. The second-order valence-corrected chi connectivity index (χ2v) is 6.30. The molecule has 6 heteroatoms. The molecule has 0 unspecified atom stereocenters. The molecule has 0 aromatic carbocycles. The molecule has 1 amide bonds. The Balaban J connectivity index is 1.57. The fraction of sp³-hybridized carbons (Fsp3) is 0.316. The van der Waals surface area contributed by atoms with Crippen LogP contribution in [0.3, 0.4) is 0 Å². The number of pyridine rings is 1. The summed E-state index contributed by atoms with van der Waals surface area (Å²) in [5, 5.41) is 7.64. The predicted octanol–water partition coefficient (Wildman–Crippen LogP) is 3.58. The molecule has 3 aromatic heterocycles. The van der Waals surface area contributed by atoms with Gasteiger partial charge in [0.1, 0.15) is 0 Å². The summed E-state index contributed by atoms with van der Waals surface area (Å²) in [7, 11) is 0. The van der Waals surface area contributed by atoms with Gasteiger partial charge < -0.3 is 9.73 Å². The zero-order chi connectivity index (χ0) is 17.1. The van der Waals surface area contributed by atoms with Crippen molar-refractivity contribution in [3.8, 4) is 11.3 Å². The van der Waals surface area contributed by atoms with Gasteiger partial charge in [0.05, 0.1) is 30.2 Å². The lowest BCUT2D eigenvalue weighted by Crippen LogP contribution is -2.22. The number of carbonyl (C=O) groups is 1. The lowest BCUT2D eigenvalue weighted by Gasteiger charge is -2.14. The van der Waals surface area contributed by atoms with Crippen molar-refractivity contribution in [3.63, 3.8) is 0 Å². The Labute approximate surface area is 145 Å². The molecule has 0 saturated heterocycles. The Morgan fingerprint density at radius 2 is 2.04 bits per heavy atom. The number of furan rings is 1. The van der Waals surface area contributed by atoms with E-state index < -0.39 is 0 Å². The third-order valence-corrected chi connectivity index (χ3v) is 4.61. The zero-order valence-electron chi connectivity index (χ0n) is 13.9. The van der Waals surface area contributed by atoms with Crippen LogP contribution in [0.1, 0.15) is 48.0 Å². The number of amides is 1. The van der Waals surface area contributed by atoms with Gasteiger partial charge in [-0.05, 0) is 43.2 Å². The summed E-state index contributed by atoms with van der Waals surface area (Å²) in [6, 6.07) is 9.81. The average molecular weight is 336 g/mol. The Bertz CT molecular complexity index is 834. The highest BCUT2D eigenvalue weighted by Crippen LogP contribution is 2.33. The first-order chi connectivity index (χ1) is 12.3. The second kappa shape index (κ2) is 6.93. The number of nitrogens with one attached hydrogen (secondary N) is 1. The van der Waals surface area contributed by atoms with E-state index in [0.29, 0.717) is 18.3 Å². The van der Waals surface area contributed by atoms with Crippen LogP contribution >= 0.6 is 0 Å². The highest BCUT2D eigenvalue weighted by atomic mass is 16.3. The SMILES string of the molecule is O=C(NCc1cc(-c2ccncc2)n(C2CCCC2)n1)c1ccco1. The van der Waals surface area contributed by atoms with E-state index in [0.717, 1.165) is 29.8 Å². The predicted molar refractivity (Wildman–Crippen MR) is 92.8 cm³/mol. The quantitative estimate of drug-likeness (QED) is 0.773. The molecule has 0 atom stereocenters. The molecule has 25 heavy (non-hydrogen) atoms. The van der Waals surface area contributed by atoms with E-state index in [4.69, 9.17) is 9.52 Å². The van der Waals surface area contributed by atoms with Crippen LogP contribution < -0.4 is 5.32 Å². The fourth-order valence-electron chi connectivity index (χ4n) is 3.36. The van der Waals surface area contributed by atoms with Crippen LogP contribution in [0.2, 0.25) is 0 Å². The van der Waals surface area contributed by atoms with Gasteiger partial charge in [-0.15, -0.1) is 0 Å². The van der Waals surface area contributed by atoms with Gasteiger partial charge in [0, 0.05) is 18.0 Å². The Morgan fingerprint density at radius 1 is 1.24 bits per heavy atom. The molecule has 1 fully saturated rings. The number of hydrogen-bond acceptors (Lipinski definition) is 4. The van der Waals surface area contributed by atoms with Crippen molar-refractivity contribution in [2.45, 2.75) is 38.3 Å². The summed E-state index contributed by atoms with van der Waals surface area (Å²) in [5.41, 5.74) is 3.02. The van der Waals surface area contributed by atoms with Crippen LogP contribution in [0, 0.1) is 0 Å². The summed E-state index contributed by atoms with van der Waals surface area (Å²) < 4.78 is 7.24. The van der Waals surface area contributed by atoms with Crippen LogP contribution in [0.15, 0.2) is 53.4 Å². The smallest absolute Gasteiger partial charge is 0.287 e. The summed E-state index contributed by atoms with van der Waals surface area (Å²) >= 11 is 0. The summed E-state index contributed by atoms with van der Waals surface area (Å²) in [6.07, 6.45) is 9.86. The third-order valence-electron chi connectivity index (χ3n) is 4.61. The summed E-state index contributed by atoms with van der Waals surface area (Å²) in [6.45, 7) is 0.372. The topological polar surface area (TPSA) is 73.0 Å². The van der Waals surface area contributed by atoms with Gasteiger partial charge in [0.2, 0.25) is 0 Å². The minimum absolute atomic E-state index is 0.231. The van der Waals surface area contributed by atoms with Crippen LogP contribution in [-0.2, 0) is 6.54 Å². The van der Waals surface area contributed by atoms with Crippen LogP contribution in [0.4, 0.5) is 0 Å². The van der Waals surface area contributed by atoms with Crippen LogP contribution in [-0.4, -0.2) is 20.7 Å². The van der Waals surface area contributed by atoms with E-state index in [1.54, 1.807) is 24.5 Å². The molecular formula is C19H20N4O2. The first kappa shape index (κ1) is 15.6. The standard InChI is InChI=1S/C19H20N4O2/c24-19(18-6-3-11-25-18)21-13-15-12-17(14-7-9-20-10-8-14)23(22-15)16-4-1-2-5-16/h3,6-12,16H,1-2,4-5,13H2,(H,21,24). The van der Waals surface area contributed by atoms with Crippen molar-refractivity contribution in [1.82, 2.24) is 20.1 Å². The normalized spacial score (nSPS) is 14.7. The van der Waals surface area contributed by atoms with Crippen LogP contribution in [0.5, 0.6) is 0 Å². The van der Waals surface area contributed by atoms with E-state index in [1.807, 2.05) is 12.1 Å². The molecule has 3 aromatic rings. The maximum absolute atomic E-state index is 12.0. The minimum atomic E-state index is -0.231. The Morgan fingerprint density at radius 3 is 2.76 bits per heavy atom.